The van der Waals surface area contributed by atoms with Crippen molar-refractivity contribution in [2.75, 3.05) is 6.54 Å². The molecular weight excluding hydrogens is 197 g/mol. The number of halogens is 1. The maximum Gasteiger partial charge on any atom is 0.197 e. The van der Waals surface area contributed by atoms with Crippen molar-refractivity contribution in [3.63, 3.8) is 0 Å². The molecule has 0 unspecified atom stereocenters. The molecule has 5 heteroatoms. The highest BCUT2D eigenvalue weighted by atomic mass is 19.1. The summed E-state index contributed by atoms with van der Waals surface area (Å²) in [5.74, 6) is -0.673. The Bertz CT molecular complexity index is 533. The molecule has 0 saturated carbocycles. The zero-order valence-electron chi connectivity index (χ0n) is 8.20. The van der Waals surface area contributed by atoms with Crippen LogP contribution in [0.5, 0.6) is 0 Å². The second-order valence-corrected chi connectivity index (χ2v) is 3.26. The molecule has 0 fully saturated rings. The van der Waals surface area contributed by atoms with Crippen LogP contribution >= 0.6 is 0 Å². The average molecular weight is 207 g/mol. The van der Waals surface area contributed by atoms with E-state index in [1.165, 1.54) is 16.8 Å². The van der Waals surface area contributed by atoms with E-state index in [0.717, 1.165) is 0 Å². The normalized spacial score (nSPS) is 10.9. The quantitative estimate of drug-likeness (QED) is 0.743. The van der Waals surface area contributed by atoms with Gasteiger partial charge in [-0.15, -0.1) is 0 Å². The Morgan fingerprint density at radius 2 is 2.33 bits per heavy atom. The first kappa shape index (κ1) is 9.79. The Kier molecular flexibility index (Phi) is 2.24. The van der Waals surface area contributed by atoms with Crippen molar-refractivity contribution in [2.24, 2.45) is 12.8 Å². The highest BCUT2D eigenvalue weighted by molar-refractivity contribution is 6.06. The van der Waals surface area contributed by atoms with Gasteiger partial charge in [-0.05, 0) is 18.2 Å². The summed E-state index contributed by atoms with van der Waals surface area (Å²) in [5, 5.41) is 4.53. The number of carbonyl (C=O) groups is 1. The predicted octanol–water partition coefficient (Wildman–Crippen LogP) is 0.854. The van der Waals surface area contributed by atoms with Crippen LogP contribution in [0.4, 0.5) is 4.39 Å². The number of benzene rings is 1. The van der Waals surface area contributed by atoms with Crippen molar-refractivity contribution in [3.8, 4) is 0 Å². The Balaban J connectivity index is 2.75. The van der Waals surface area contributed by atoms with E-state index < -0.39 is 0 Å². The molecule has 0 spiro atoms. The summed E-state index contributed by atoms with van der Waals surface area (Å²) >= 11 is 0. The van der Waals surface area contributed by atoms with Crippen LogP contribution in [0.2, 0.25) is 0 Å². The van der Waals surface area contributed by atoms with E-state index in [1.54, 1.807) is 13.1 Å². The van der Waals surface area contributed by atoms with Crippen molar-refractivity contribution in [2.45, 2.75) is 0 Å². The molecule has 1 heterocycles. The van der Waals surface area contributed by atoms with Crippen molar-refractivity contribution in [1.82, 2.24) is 9.78 Å². The summed E-state index contributed by atoms with van der Waals surface area (Å²) in [6.07, 6.45) is 0. The first-order valence-corrected chi connectivity index (χ1v) is 4.49. The highest BCUT2D eigenvalue weighted by Gasteiger charge is 2.14. The van der Waals surface area contributed by atoms with Crippen LogP contribution in [0, 0.1) is 5.82 Å². The molecule has 0 aliphatic carbocycles. The number of hydrogen-bond acceptors (Lipinski definition) is 3. The molecule has 0 bridgehead atoms. The lowest BCUT2D eigenvalue weighted by molar-refractivity contribution is 0.0997. The topological polar surface area (TPSA) is 60.9 Å². The largest absolute Gasteiger partial charge is 0.324 e. The van der Waals surface area contributed by atoms with E-state index in [1.807, 2.05) is 0 Å². The third kappa shape index (κ3) is 1.50. The average Bonchev–Trinajstić information content (AvgIpc) is 2.54. The molecule has 1 aromatic heterocycles. The van der Waals surface area contributed by atoms with Crippen molar-refractivity contribution >= 4 is 16.7 Å². The lowest BCUT2D eigenvalue weighted by Crippen LogP contribution is -2.14. The molecular formula is C10H10FN3O. The predicted molar refractivity (Wildman–Crippen MR) is 54.1 cm³/mol. The Labute approximate surface area is 85.5 Å². The number of rotatable bonds is 2. The summed E-state index contributed by atoms with van der Waals surface area (Å²) in [7, 11) is 1.70. The van der Waals surface area contributed by atoms with Gasteiger partial charge in [0.15, 0.2) is 5.78 Å². The van der Waals surface area contributed by atoms with Gasteiger partial charge in [-0.25, -0.2) is 4.39 Å². The number of nitrogens with two attached hydrogens (primary N) is 1. The maximum absolute atomic E-state index is 13.0. The Morgan fingerprint density at radius 3 is 3.00 bits per heavy atom. The zero-order chi connectivity index (χ0) is 11.0. The molecule has 0 aliphatic rings. The monoisotopic (exact) mass is 207 g/mol. The second kappa shape index (κ2) is 3.43. The molecule has 0 aliphatic heterocycles. The number of aromatic nitrogens is 2. The molecule has 0 saturated heterocycles. The van der Waals surface area contributed by atoms with Crippen molar-refractivity contribution in [1.29, 1.82) is 0 Å². The van der Waals surface area contributed by atoms with E-state index in [4.69, 9.17) is 5.73 Å². The lowest BCUT2D eigenvalue weighted by atomic mass is 10.1. The van der Waals surface area contributed by atoms with Gasteiger partial charge in [-0.1, -0.05) is 0 Å². The molecule has 0 radical (unpaired) electrons. The minimum absolute atomic E-state index is 0.122. The maximum atomic E-state index is 13.0. The summed E-state index contributed by atoms with van der Waals surface area (Å²) in [5.41, 5.74) is 6.20. The van der Waals surface area contributed by atoms with Crippen LogP contribution in [0.25, 0.3) is 10.9 Å². The minimum atomic E-state index is -0.387. The number of hydrogen-bond donors (Lipinski definition) is 1. The van der Waals surface area contributed by atoms with Crippen LogP contribution < -0.4 is 5.73 Å². The number of ketones is 1. The third-order valence-corrected chi connectivity index (χ3v) is 2.26. The van der Waals surface area contributed by atoms with E-state index in [9.17, 15) is 9.18 Å². The number of fused-ring (bicyclic) bond motifs is 1. The molecule has 2 aromatic rings. The van der Waals surface area contributed by atoms with Crippen LogP contribution in [0.15, 0.2) is 18.2 Å². The number of nitrogens with zero attached hydrogens (tertiary/aromatic N) is 2. The first-order valence-electron chi connectivity index (χ1n) is 4.49. The Morgan fingerprint density at radius 1 is 1.60 bits per heavy atom. The molecule has 0 amide bonds. The SMILES string of the molecule is Cn1nc(C(=O)CN)c2cc(F)ccc21. The van der Waals surface area contributed by atoms with Crippen molar-refractivity contribution < 1.29 is 9.18 Å². The van der Waals surface area contributed by atoms with E-state index in [-0.39, 0.29) is 23.8 Å². The van der Waals surface area contributed by atoms with Crippen LogP contribution in [0.1, 0.15) is 10.5 Å². The Hall–Kier alpha value is -1.75. The lowest BCUT2D eigenvalue weighted by Gasteiger charge is -1.93. The van der Waals surface area contributed by atoms with Gasteiger partial charge >= 0.3 is 0 Å². The molecule has 4 nitrogen and oxygen atoms in total. The van der Waals surface area contributed by atoms with Gasteiger partial charge < -0.3 is 5.73 Å². The molecule has 0 atom stereocenters. The van der Waals surface area contributed by atoms with Crippen LogP contribution in [0.3, 0.4) is 0 Å². The fourth-order valence-corrected chi connectivity index (χ4v) is 1.54. The van der Waals surface area contributed by atoms with E-state index in [2.05, 4.69) is 5.10 Å². The fraction of sp³-hybridized carbons (Fsp3) is 0.200. The molecule has 1 aromatic carbocycles. The van der Waals surface area contributed by atoms with Gasteiger partial charge in [-0.2, -0.15) is 5.10 Å². The molecule has 2 rings (SSSR count). The molecule has 15 heavy (non-hydrogen) atoms. The van der Waals surface area contributed by atoms with Gasteiger partial charge in [0, 0.05) is 12.4 Å². The van der Waals surface area contributed by atoms with Crippen LogP contribution in [-0.4, -0.2) is 22.1 Å². The summed E-state index contributed by atoms with van der Waals surface area (Å²) in [4.78, 5) is 11.4. The standard InChI is InChI=1S/C10H10FN3O/c1-14-8-3-2-6(11)4-7(8)10(13-14)9(15)5-12/h2-4H,5,12H2,1H3. The zero-order valence-corrected chi connectivity index (χ0v) is 8.20. The smallest absolute Gasteiger partial charge is 0.197 e. The molecule has 2 N–H and O–H groups in total. The second-order valence-electron chi connectivity index (χ2n) is 3.26. The first-order chi connectivity index (χ1) is 7.13. The summed E-state index contributed by atoms with van der Waals surface area (Å²) in [6, 6.07) is 4.22. The number of Topliss-reactive ketones (excluding diaryl/α,β-unsaturated/α-hetero) is 1. The van der Waals surface area contributed by atoms with Gasteiger partial charge in [-0.3, -0.25) is 9.48 Å². The van der Waals surface area contributed by atoms with Gasteiger partial charge in [0.05, 0.1) is 12.1 Å². The van der Waals surface area contributed by atoms with Crippen molar-refractivity contribution in [3.05, 3.63) is 29.7 Å². The van der Waals surface area contributed by atoms with E-state index in [0.29, 0.717) is 10.9 Å². The number of carbonyl (C=O) groups excluding carboxylic acids is 1. The van der Waals surface area contributed by atoms with Gasteiger partial charge in [0.2, 0.25) is 0 Å². The van der Waals surface area contributed by atoms with Gasteiger partial charge in [0.1, 0.15) is 11.5 Å². The minimum Gasteiger partial charge on any atom is -0.324 e. The fourth-order valence-electron chi connectivity index (χ4n) is 1.54. The summed E-state index contributed by atoms with van der Waals surface area (Å²) in [6.45, 7) is -0.122. The van der Waals surface area contributed by atoms with Gasteiger partial charge in [0.25, 0.3) is 0 Å². The van der Waals surface area contributed by atoms with Crippen LogP contribution in [-0.2, 0) is 7.05 Å². The molecule has 78 valence electrons. The van der Waals surface area contributed by atoms with E-state index >= 15 is 0 Å². The third-order valence-electron chi connectivity index (χ3n) is 2.26. The number of aryl methyl sites for hydroxylation is 1. The summed E-state index contributed by atoms with van der Waals surface area (Å²) < 4.78 is 14.6. The highest BCUT2D eigenvalue weighted by Crippen LogP contribution is 2.19.